The molecule has 224 valence electrons. The molecule has 1 fully saturated rings. The number of ether oxygens (including phenoxy) is 2. The Hall–Kier alpha value is -4.66. The first-order chi connectivity index (χ1) is 20.6. The molecule has 5 rings (SSSR count). The monoisotopic (exact) mass is 584 g/mol. The lowest BCUT2D eigenvalue weighted by atomic mass is 9.83. The minimum absolute atomic E-state index is 0.269. The second-order valence-electron chi connectivity index (χ2n) is 11.4. The van der Waals surface area contributed by atoms with Crippen molar-refractivity contribution in [2.45, 2.75) is 45.4 Å². The maximum absolute atomic E-state index is 13.8. The van der Waals surface area contributed by atoms with Crippen molar-refractivity contribution in [1.29, 1.82) is 5.26 Å². The minimum atomic E-state index is -1.32. The van der Waals surface area contributed by atoms with Gasteiger partial charge in [0.15, 0.2) is 5.54 Å². The highest BCUT2D eigenvalue weighted by molar-refractivity contribution is 6.08. The van der Waals surface area contributed by atoms with Crippen LogP contribution in [0.4, 0.5) is 16.2 Å². The van der Waals surface area contributed by atoms with Crippen molar-refractivity contribution in [2.24, 2.45) is 0 Å². The molecule has 11 heteroatoms. The number of hydrogen-bond acceptors (Lipinski definition) is 10. The van der Waals surface area contributed by atoms with Crippen molar-refractivity contribution in [2.75, 3.05) is 43.0 Å². The van der Waals surface area contributed by atoms with E-state index < -0.39 is 17.3 Å². The number of amides is 1. The van der Waals surface area contributed by atoms with Crippen molar-refractivity contribution < 1.29 is 23.9 Å². The number of benzene rings is 2. The summed E-state index contributed by atoms with van der Waals surface area (Å²) >= 11 is 0. The summed E-state index contributed by atoms with van der Waals surface area (Å²) in [6.07, 6.45) is 0.932. The Morgan fingerprint density at radius 3 is 2.51 bits per heavy atom. The SMILES string of the molecule is CCOc1ncccc1C1(NCc2ccc(N3CCN(OC(=O)OC(C)(C)C)CC3)cc2)C(=O)Nc2ccc(C#N)cc21. The molecule has 1 atom stereocenters. The van der Waals surface area contributed by atoms with Crippen molar-refractivity contribution in [3.8, 4) is 11.9 Å². The smallest absolute Gasteiger partial charge is 0.478 e. The number of hydroxylamine groups is 2. The van der Waals surface area contributed by atoms with Crippen LogP contribution in [-0.4, -0.2) is 60.5 Å². The van der Waals surface area contributed by atoms with E-state index in [0.717, 1.165) is 11.3 Å². The zero-order chi connectivity index (χ0) is 30.6. The number of nitriles is 1. The van der Waals surface area contributed by atoms with Crippen LogP contribution in [-0.2, 0) is 26.5 Å². The van der Waals surface area contributed by atoms with E-state index in [4.69, 9.17) is 14.3 Å². The standard InChI is InChI=1S/C32H36N6O5/c1-5-41-28-25(7-6-14-34-28)32(26-19-23(20-33)10-13-27(26)36-29(32)39)35-21-22-8-11-24(12-9-22)37-15-17-38(18-16-37)43-30(40)42-31(2,3)4/h6-14,19,35H,5,15-18,21H2,1-4H3,(H,36,39). The quantitative estimate of drug-likeness (QED) is 0.369. The predicted octanol–water partition coefficient (Wildman–Crippen LogP) is 4.33. The third-order valence-corrected chi connectivity index (χ3v) is 7.29. The molecule has 0 radical (unpaired) electrons. The van der Waals surface area contributed by atoms with Crippen LogP contribution < -0.4 is 20.3 Å². The van der Waals surface area contributed by atoms with Gasteiger partial charge in [-0.2, -0.15) is 5.26 Å². The normalized spacial score (nSPS) is 18.4. The van der Waals surface area contributed by atoms with Gasteiger partial charge in [0.1, 0.15) is 5.60 Å². The summed E-state index contributed by atoms with van der Waals surface area (Å²) in [5.74, 6) is 0.0858. The summed E-state index contributed by atoms with van der Waals surface area (Å²) in [5.41, 5.74) is 2.39. The van der Waals surface area contributed by atoms with Crippen LogP contribution in [0.3, 0.4) is 0 Å². The Bertz CT molecular complexity index is 1520. The number of rotatable bonds is 8. The van der Waals surface area contributed by atoms with Gasteiger partial charge >= 0.3 is 6.16 Å². The molecule has 3 heterocycles. The lowest BCUT2D eigenvalue weighted by Crippen LogP contribution is -2.49. The number of nitrogens with zero attached hydrogens (tertiary/aromatic N) is 4. The maximum Gasteiger partial charge on any atom is 0.528 e. The van der Waals surface area contributed by atoms with Gasteiger partial charge in [0.05, 0.1) is 31.3 Å². The molecule has 1 amide bonds. The molecule has 1 unspecified atom stereocenters. The number of aromatic nitrogens is 1. The highest BCUT2D eigenvalue weighted by atomic mass is 16.8. The van der Waals surface area contributed by atoms with E-state index in [0.29, 0.717) is 67.6 Å². The number of carbonyl (C=O) groups is 2. The zero-order valence-electron chi connectivity index (χ0n) is 24.8. The molecule has 1 saturated heterocycles. The summed E-state index contributed by atoms with van der Waals surface area (Å²) in [6.45, 7) is 10.5. The summed E-state index contributed by atoms with van der Waals surface area (Å²) in [5, 5.41) is 17.7. The van der Waals surface area contributed by atoms with Gasteiger partial charge in [-0.05, 0) is 75.7 Å². The second kappa shape index (κ2) is 12.3. The van der Waals surface area contributed by atoms with Crippen molar-refractivity contribution in [1.82, 2.24) is 15.4 Å². The third kappa shape index (κ3) is 6.40. The van der Waals surface area contributed by atoms with Crippen LogP contribution in [0.1, 0.15) is 49.9 Å². The number of pyridine rings is 1. The lowest BCUT2D eigenvalue weighted by Gasteiger charge is -2.35. The van der Waals surface area contributed by atoms with E-state index >= 15 is 0 Å². The van der Waals surface area contributed by atoms with Crippen molar-refractivity contribution >= 4 is 23.4 Å². The molecule has 0 spiro atoms. The fraction of sp³-hybridized carbons (Fsp3) is 0.375. The lowest BCUT2D eigenvalue weighted by molar-refractivity contribution is -0.144. The van der Waals surface area contributed by atoms with Crippen LogP contribution in [0.25, 0.3) is 0 Å². The highest BCUT2D eigenvalue weighted by Gasteiger charge is 2.50. The maximum atomic E-state index is 13.8. The van der Waals surface area contributed by atoms with Crippen molar-refractivity contribution in [3.05, 3.63) is 83.0 Å². The van der Waals surface area contributed by atoms with E-state index in [9.17, 15) is 14.9 Å². The van der Waals surface area contributed by atoms with Crippen LogP contribution >= 0.6 is 0 Å². The molecule has 3 aromatic rings. The molecule has 1 aromatic heterocycles. The van der Waals surface area contributed by atoms with Crippen LogP contribution in [0, 0.1) is 11.3 Å². The Kier molecular flexibility index (Phi) is 8.52. The summed E-state index contributed by atoms with van der Waals surface area (Å²) in [4.78, 5) is 37.7. The molecular formula is C32H36N6O5. The molecule has 0 saturated carbocycles. The molecule has 0 aliphatic carbocycles. The van der Waals surface area contributed by atoms with E-state index in [1.54, 1.807) is 56.3 Å². The zero-order valence-corrected chi connectivity index (χ0v) is 24.8. The van der Waals surface area contributed by atoms with Crippen LogP contribution in [0.2, 0.25) is 0 Å². The molecule has 43 heavy (non-hydrogen) atoms. The van der Waals surface area contributed by atoms with Crippen LogP contribution in [0.5, 0.6) is 5.88 Å². The fourth-order valence-electron chi connectivity index (χ4n) is 5.31. The first kappa shape index (κ1) is 29.8. The molecule has 0 bridgehead atoms. The fourth-order valence-corrected chi connectivity index (χ4v) is 5.31. The number of anilines is 2. The molecule has 2 aliphatic heterocycles. The number of fused-ring (bicyclic) bond motifs is 1. The Labute approximate surface area is 251 Å². The van der Waals surface area contributed by atoms with E-state index in [1.807, 2.05) is 37.3 Å². The summed E-state index contributed by atoms with van der Waals surface area (Å²) in [6, 6.07) is 19.1. The van der Waals surface area contributed by atoms with Gasteiger partial charge in [0.25, 0.3) is 5.91 Å². The van der Waals surface area contributed by atoms with E-state index in [2.05, 4.69) is 26.6 Å². The third-order valence-electron chi connectivity index (χ3n) is 7.29. The van der Waals surface area contributed by atoms with Gasteiger partial charge in [-0.15, -0.1) is 5.06 Å². The summed E-state index contributed by atoms with van der Waals surface area (Å²) < 4.78 is 11.1. The molecule has 2 aliphatic rings. The highest BCUT2D eigenvalue weighted by Crippen LogP contribution is 2.44. The van der Waals surface area contributed by atoms with Crippen LogP contribution in [0.15, 0.2) is 60.8 Å². The molecular weight excluding hydrogens is 548 g/mol. The number of hydrogen-bond donors (Lipinski definition) is 2. The average Bonchev–Trinajstić information content (AvgIpc) is 3.27. The van der Waals surface area contributed by atoms with E-state index in [-0.39, 0.29) is 5.91 Å². The van der Waals surface area contributed by atoms with Gasteiger partial charge in [-0.25, -0.2) is 9.78 Å². The molecule has 11 nitrogen and oxygen atoms in total. The first-order valence-electron chi connectivity index (χ1n) is 14.3. The Morgan fingerprint density at radius 1 is 1.09 bits per heavy atom. The van der Waals surface area contributed by atoms with E-state index in [1.165, 1.54) is 0 Å². The van der Waals surface area contributed by atoms with Gasteiger partial charge in [0.2, 0.25) is 5.88 Å². The second-order valence-corrected chi connectivity index (χ2v) is 11.4. The Morgan fingerprint density at radius 2 is 1.84 bits per heavy atom. The topological polar surface area (TPSA) is 129 Å². The van der Waals surface area contributed by atoms with Gasteiger partial charge in [-0.1, -0.05) is 12.1 Å². The Balaban J connectivity index is 1.32. The molecule has 2 aromatic carbocycles. The molecule has 2 N–H and O–H groups in total. The predicted molar refractivity (Wildman–Crippen MR) is 160 cm³/mol. The van der Waals surface area contributed by atoms with Crippen molar-refractivity contribution in [3.63, 3.8) is 0 Å². The average molecular weight is 585 g/mol. The largest absolute Gasteiger partial charge is 0.528 e. The number of nitrogens with one attached hydrogen (secondary N) is 2. The van der Waals surface area contributed by atoms with Gasteiger partial charge in [-0.3, -0.25) is 10.1 Å². The van der Waals surface area contributed by atoms with Gasteiger partial charge in [0, 0.05) is 48.3 Å². The minimum Gasteiger partial charge on any atom is -0.478 e. The van der Waals surface area contributed by atoms with Gasteiger partial charge < -0.3 is 24.5 Å². The summed E-state index contributed by atoms with van der Waals surface area (Å²) in [7, 11) is 0. The number of carbonyl (C=O) groups excluding carboxylic acids is 2. The number of piperazine rings is 1. The first-order valence-corrected chi connectivity index (χ1v) is 14.3.